The lowest BCUT2D eigenvalue weighted by Gasteiger charge is -2.39. The summed E-state index contributed by atoms with van der Waals surface area (Å²) in [6.45, 7) is 12.7. The van der Waals surface area contributed by atoms with E-state index in [0.29, 0.717) is 6.04 Å². The molecular weight excluding hydrogens is 238 g/mol. The Morgan fingerprint density at radius 2 is 2.11 bits per heavy atom. The topological polar surface area (TPSA) is 38.7 Å². The summed E-state index contributed by atoms with van der Waals surface area (Å²) in [6.07, 6.45) is 3.77. The van der Waals surface area contributed by atoms with E-state index in [9.17, 15) is 5.11 Å². The lowest BCUT2D eigenvalue weighted by molar-refractivity contribution is 0.0844. The number of piperazine rings is 1. The Morgan fingerprint density at radius 1 is 1.32 bits per heavy atom. The zero-order valence-corrected chi connectivity index (χ0v) is 12.9. The van der Waals surface area contributed by atoms with Crippen molar-refractivity contribution in [1.29, 1.82) is 0 Å². The fourth-order valence-corrected chi connectivity index (χ4v) is 3.56. The van der Waals surface area contributed by atoms with Gasteiger partial charge < -0.3 is 15.3 Å². The highest BCUT2D eigenvalue weighted by atomic mass is 16.3. The minimum absolute atomic E-state index is 0.138. The molecule has 2 saturated heterocycles. The van der Waals surface area contributed by atoms with Gasteiger partial charge in [-0.25, -0.2) is 0 Å². The van der Waals surface area contributed by atoms with Crippen LogP contribution >= 0.6 is 0 Å². The van der Waals surface area contributed by atoms with Gasteiger partial charge in [-0.15, -0.1) is 0 Å². The van der Waals surface area contributed by atoms with Crippen LogP contribution in [0.3, 0.4) is 0 Å². The first-order chi connectivity index (χ1) is 9.02. The summed E-state index contributed by atoms with van der Waals surface area (Å²) in [5, 5.41) is 13.1. The normalized spacial score (nSPS) is 28.6. The SMILES string of the molecule is CC(C)NC(C)(CO)CCN1CCN2CCCC2C1. The average Bonchev–Trinajstić information content (AvgIpc) is 2.83. The largest absolute Gasteiger partial charge is 0.394 e. The summed E-state index contributed by atoms with van der Waals surface area (Å²) in [5.74, 6) is 0. The molecule has 0 aromatic carbocycles. The van der Waals surface area contributed by atoms with E-state index < -0.39 is 0 Å². The second kappa shape index (κ2) is 6.53. The number of nitrogens with zero attached hydrogens (tertiary/aromatic N) is 2. The summed E-state index contributed by atoms with van der Waals surface area (Å²) in [7, 11) is 0. The van der Waals surface area contributed by atoms with Crippen molar-refractivity contribution in [1.82, 2.24) is 15.1 Å². The number of hydrogen-bond donors (Lipinski definition) is 2. The quantitative estimate of drug-likeness (QED) is 0.752. The van der Waals surface area contributed by atoms with Gasteiger partial charge in [-0.3, -0.25) is 4.90 Å². The van der Waals surface area contributed by atoms with Gasteiger partial charge in [-0.2, -0.15) is 0 Å². The van der Waals surface area contributed by atoms with Crippen molar-refractivity contribution < 1.29 is 5.11 Å². The van der Waals surface area contributed by atoms with Crippen LogP contribution < -0.4 is 5.32 Å². The highest BCUT2D eigenvalue weighted by molar-refractivity contribution is 4.89. The van der Waals surface area contributed by atoms with Crippen molar-refractivity contribution in [3.8, 4) is 0 Å². The molecule has 0 radical (unpaired) electrons. The molecule has 0 bridgehead atoms. The summed E-state index contributed by atoms with van der Waals surface area (Å²) < 4.78 is 0. The minimum atomic E-state index is -0.138. The molecule has 0 aliphatic carbocycles. The summed E-state index contributed by atoms with van der Waals surface area (Å²) in [4.78, 5) is 5.23. The van der Waals surface area contributed by atoms with Gasteiger partial charge in [0, 0.05) is 43.8 Å². The number of aliphatic hydroxyl groups is 1. The first kappa shape index (κ1) is 15.2. The maximum Gasteiger partial charge on any atom is 0.0611 e. The third-order valence-corrected chi connectivity index (χ3v) is 4.64. The van der Waals surface area contributed by atoms with Gasteiger partial charge in [0.15, 0.2) is 0 Å². The molecule has 2 heterocycles. The van der Waals surface area contributed by atoms with E-state index in [1.807, 2.05) is 0 Å². The molecule has 2 unspecified atom stereocenters. The van der Waals surface area contributed by atoms with E-state index in [0.717, 1.165) is 19.0 Å². The maximum absolute atomic E-state index is 9.62. The highest BCUT2D eigenvalue weighted by Gasteiger charge is 2.31. The Labute approximate surface area is 118 Å². The molecule has 0 amide bonds. The molecule has 2 N–H and O–H groups in total. The van der Waals surface area contributed by atoms with Gasteiger partial charge in [-0.05, 0) is 32.7 Å². The first-order valence-corrected chi connectivity index (χ1v) is 7.87. The van der Waals surface area contributed by atoms with Gasteiger partial charge >= 0.3 is 0 Å². The van der Waals surface area contributed by atoms with E-state index in [-0.39, 0.29) is 12.1 Å². The Bertz CT molecular complexity index is 285. The Morgan fingerprint density at radius 3 is 2.79 bits per heavy atom. The number of nitrogens with one attached hydrogen (secondary N) is 1. The molecule has 4 heteroatoms. The summed E-state index contributed by atoms with van der Waals surface area (Å²) >= 11 is 0. The van der Waals surface area contributed by atoms with Crippen LogP contribution in [0.1, 0.15) is 40.0 Å². The zero-order valence-electron chi connectivity index (χ0n) is 12.9. The summed E-state index contributed by atoms with van der Waals surface area (Å²) in [6, 6.07) is 1.22. The van der Waals surface area contributed by atoms with Crippen LogP contribution in [0.4, 0.5) is 0 Å². The predicted octanol–water partition coefficient (Wildman–Crippen LogP) is 0.906. The Kier molecular flexibility index (Phi) is 5.23. The molecule has 0 saturated carbocycles. The van der Waals surface area contributed by atoms with Gasteiger partial charge in [0.1, 0.15) is 0 Å². The van der Waals surface area contributed by atoms with Gasteiger partial charge in [0.2, 0.25) is 0 Å². The standard InChI is InChI=1S/C15H31N3O/c1-13(2)16-15(3,12-19)6-8-17-9-10-18-7-4-5-14(18)11-17/h13-14,16,19H,4-12H2,1-3H3. The van der Waals surface area contributed by atoms with Crippen molar-refractivity contribution in [2.45, 2.75) is 57.7 Å². The minimum Gasteiger partial charge on any atom is -0.394 e. The van der Waals surface area contributed by atoms with Crippen LogP contribution in [0.5, 0.6) is 0 Å². The molecule has 2 rings (SSSR count). The highest BCUT2D eigenvalue weighted by Crippen LogP contribution is 2.22. The smallest absolute Gasteiger partial charge is 0.0611 e. The monoisotopic (exact) mass is 269 g/mol. The molecular formula is C15H31N3O. The number of fused-ring (bicyclic) bond motifs is 1. The predicted molar refractivity (Wildman–Crippen MR) is 79.4 cm³/mol. The van der Waals surface area contributed by atoms with E-state index in [1.54, 1.807) is 0 Å². The maximum atomic E-state index is 9.62. The molecule has 2 fully saturated rings. The van der Waals surface area contributed by atoms with Crippen molar-refractivity contribution in [3.63, 3.8) is 0 Å². The van der Waals surface area contributed by atoms with Crippen molar-refractivity contribution in [3.05, 3.63) is 0 Å². The van der Waals surface area contributed by atoms with Crippen LogP contribution in [0.15, 0.2) is 0 Å². The lowest BCUT2D eigenvalue weighted by Crippen LogP contribution is -2.54. The number of aliphatic hydroxyl groups excluding tert-OH is 1. The molecule has 2 aliphatic rings. The molecule has 0 spiro atoms. The van der Waals surface area contributed by atoms with Gasteiger partial charge in [0.05, 0.1) is 6.61 Å². The molecule has 4 nitrogen and oxygen atoms in total. The van der Waals surface area contributed by atoms with E-state index in [1.165, 1.54) is 39.0 Å². The average molecular weight is 269 g/mol. The Hall–Kier alpha value is -0.160. The van der Waals surface area contributed by atoms with Crippen molar-refractivity contribution in [2.24, 2.45) is 0 Å². The van der Waals surface area contributed by atoms with Crippen molar-refractivity contribution in [2.75, 3.05) is 39.3 Å². The van der Waals surface area contributed by atoms with Crippen LogP contribution in [0.25, 0.3) is 0 Å². The summed E-state index contributed by atoms with van der Waals surface area (Å²) in [5.41, 5.74) is -0.138. The molecule has 0 aromatic rings. The number of rotatable bonds is 6. The van der Waals surface area contributed by atoms with Gasteiger partial charge in [0.25, 0.3) is 0 Å². The molecule has 112 valence electrons. The molecule has 0 aromatic heterocycles. The number of hydrogen-bond acceptors (Lipinski definition) is 4. The molecule has 19 heavy (non-hydrogen) atoms. The fourth-order valence-electron chi connectivity index (χ4n) is 3.56. The first-order valence-electron chi connectivity index (χ1n) is 7.87. The molecule has 2 atom stereocenters. The second-order valence-electron chi connectivity index (χ2n) is 6.90. The zero-order chi connectivity index (χ0) is 13.9. The van der Waals surface area contributed by atoms with Crippen LogP contribution in [0.2, 0.25) is 0 Å². The lowest BCUT2D eigenvalue weighted by atomic mass is 9.97. The fraction of sp³-hybridized carbons (Fsp3) is 1.00. The Balaban J connectivity index is 1.78. The van der Waals surface area contributed by atoms with E-state index in [2.05, 4.69) is 35.9 Å². The third-order valence-electron chi connectivity index (χ3n) is 4.64. The second-order valence-corrected chi connectivity index (χ2v) is 6.90. The molecule has 2 aliphatic heterocycles. The van der Waals surface area contributed by atoms with E-state index in [4.69, 9.17) is 0 Å². The van der Waals surface area contributed by atoms with Crippen LogP contribution in [-0.2, 0) is 0 Å². The van der Waals surface area contributed by atoms with Crippen LogP contribution in [0, 0.1) is 0 Å². The van der Waals surface area contributed by atoms with Gasteiger partial charge in [-0.1, -0.05) is 13.8 Å². The third kappa shape index (κ3) is 4.15. The van der Waals surface area contributed by atoms with E-state index >= 15 is 0 Å². The van der Waals surface area contributed by atoms with Crippen molar-refractivity contribution >= 4 is 0 Å². The van der Waals surface area contributed by atoms with Crippen LogP contribution in [-0.4, -0.2) is 71.9 Å².